The monoisotopic (exact) mass is 192 g/mol. The van der Waals surface area contributed by atoms with Crippen LogP contribution < -0.4 is 5.32 Å². The van der Waals surface area contributed by atoms with Crippen LogP contribution >= 0.6 is 0 Å². The third kappa shape index (κ3) is 3.15. The molecular weight excluding hydrogens is 179 g/mol. The fourth-order valence-corrected chi connectivity index (χ4v) is 1.21. The SMILES string of the molecule is C[C@H](NCCC#N)c1ccc(F)cc1. The predicted molar refractivity (Wildman–Crippen MR) is 53.0 cm³/mol. The van der Waals surface area contributed by atoms with E-state index < -0.39 is 0 Å². The Morgan fingerprint density at radius 2 is 2.07 bits per heavy atom. The van der Waals surface area contributed by atoms with Gasteiger partial charge in [-0.15, -0.1) is 0 Å². The van der Waals surface area contributed by atoms with Crippen LogP contribution in [-0.2, 0) is 0 Å². The van der Waals surface area contributed by atoms with E-state index in [1.807, 2.05) is 6.92 Å². The smallest absolute Gasteiger partial charge is 0.123 e. The second kappa shape index (κ2) is 5.36. The van der Waals surface area contributed by atoms with Crippen LogP contribution in [0.15, 0.2) is 24.3 Å². The van der Waals surface area contributed by atoms with Gasteiger partial charge in [0, 0.05) is 19.0 Å². The highest BCUT2D eigenvalue weighted by Crippen LogP contribution is 2.12. The third-order valence-corrected chi connectivity index (χ3v) is 2.06. The van der Waals surface area contributed by atoms with Gasteiger partial charge in [-0.05, 0) is 24.6 Å². The van der Waals surface area contributed by atoms with Gasteiger partial charge < -0.3 is 5.32 Å². The summed E-state index contributed by atoms with van der Waals surface area (Å²) >= 11 is 0. The summed E-state index contributed by atoms with van der Waals surface area (Å²) in [6.07, 6.45) is 0.492. The lowest BCUT2D eigenvalue weighted by atomic mass is 10.1. The van der Waals surface area contributed by atoms with E-state index >= 15 is 0 Å². The van der Waals surface area contributed by atoms with Crippen molar-refractivity contribution in [2.24, 2.45) is 0 Å². The van der Waals surface area contributed by atoms with E-state index in [-0.39, 0.29) is 11.9 Å². The van der Waals surface area contributed by atoms with Crippen LogP contribution in [0.3, 0.4) is 0 Å². The molecule has 74 valence electrons. The quantitative estimate of drug-likeness (QED) is 0.743. The zero-order chi connectivity index (χ0) is 10.4. The lowest BCUT2D eigenvalue weighted by Gasteiger charge is -2.12. The summed E-state index contributed by atoms with van der Waals surface area (Å²) in [4.78, 5) is 0. The molecule has 1 aromatic rings. The summed E-state index contributed by atoms with van der Waals surface area (Å²) in [5, 5.41) is 11.5. The second-order valence-corrected chi connectivity index (χ2v) is 3.14. The Balaban J connectivity index is 2.48. The average molecular weight is 192 g/mol. The fourth-order valence-electron chi connectivity index (χ4n) is 1.21. The first-order chi connectivity index (χ1) is 6.74. The molecule has 1 N–H and O–H groups in total. The van der Waals surface area contributed by atoms with Crippen LogP contribution in [0.1, 0.15) is 24.9 Å². The van der Waals surface area contributed by atoms with Gasteiger partial charge in [0.2, 0.25) is 0 Å². The molecule has 0 aliphatic heterocycles. The second-order valence-electron chi connectivity index (χ2n) is 3.14. The highest BCUT2D eigenvalue weighted by Gasteiger charge is 2.03. The van der Waals surface area contributed by atoms with Crippen LogP contribution in [0.25, 0.3) is 0 Å². The lowest BCUT2D eigenvalue weighted by molar-refractivity contribution is 0.579. The zero-order valence-electron chi connectivity index (χ0n) is 8.13. The fraction of sp³-hybridized carbons (Fsp3) is 0.364. The van der Waals surface area contributed by atoms with Crippen molar-refractivity contribution in [1.29, 1.82) is 5.26 Å². The van der Waals surface area contributed by atoms with Gasteiger partial charge in [0.15, 0.2) is 0 Å². The van der Waals surface area contributed by atoms with Gasteiger partial charge in [-0.3, -0.25) is 0 Å². The molecule has 0 bridgehead atoms. The molecule has 14 heavy (non-hydrogen) atoms. The molecule has 0 spiro atoms. The topological polar surface area (TPSA) is 35.8 Å². The van der Waals surface area contributed by atoms with Crippen molar-refractivity contribution in [1.82, 2.24) is 5.32 Å². The Hall–Kier alpha value is -1.40. The number of hydrogen-bond acceptors (Lipinski definition) is 2. The summed E-state index contributed by atoms with van der Waals surface area (Å²) < 4.78 is 12.6. The number of halogens is 1. The zero-order valence-corrected chi connectivity index (χ0v) is 8.13. The molecular formula is C11H13FN2. The normalized spacial score (nSPS) is 12.1. The van der Waals surface area contributed by atoms with Crippen molar-refractivity contribution in [3.8, 4) is 6.07 Å². The van der Waals surface area contributed by atoms with Gasteiger partial charge in [-0.1, -0.05) is 12.1 Å². The van der Waals surface area contributed by atoms with Crippen molar-refractivity contribution in [2.75, 3.05) is 6.54 Å². The molecule has 1 aromatic carbocycles. The molecule has 0 saturated heterocycles. The van der Waals surface area contributed by atoms with Crippen molar-refractivity contribution in [3.05, 3.63) is 35.6 Å². The Kier molecular flexibility index (Phi) is 4.09. The third-order valence-electron chi connectivity index (χ3n) is 2.06. The minimum absolute atomic E-state index is 0.156. The molecule has 0 fully saturated rings. The first-order valence-electron chi connectivity index (χ1n) is 4.60. The molecule has 0 saturated carbocycles. The van der Waals surface area contributed by atoms with E-state index in [0.717, 1.165) is 5.56 Å². The first kappa shape index (κ1) is 10.7. The lowest BCUT2D eigenvalue weighted by Crippen LogP contribution is -2.19. The van der Waals surface area contributed by atoms with E-state index in [1.165, 1.54) is 12.1 Å². The number of rotatable bonds is 4. The van der Waals surface area contributed by atoms with E-state index in [9.17, 15) is 4.39 Å². The minimum atomic E-state index is -0.224. The van der Waals surface area contributed by atoms with E-state index in [0.29, 0.717) is 13.0 Å². The number of nitriles is 1. The van der Waals surface area contributed by atoms with E-state index in [2.05, 4.69) is 11.4 Å². The highest BCUT2D eigenvalue weighted by atomic mass is 19.1. The Morgan fingerprint density at radius 1 is 1.43 bits per heavy atom. The van der Waals surface area contributed by atoms with Crippen LogP contribution in [0.4, 0.5) is 4.39 Å². The molecule has 0 heterocycles. The number of nitrogens with one attached hydrogen (secondary N) is 1. The Morgan fingerprint density at radius 3 is 2.64 bits per heavy atom. The summed E-state index contributed by atoms with van der Waals surface area (Å²) in [5.74, 6) is -0.224. The summed E-state index contributed by atoms with van der Waals surface area (Å²) in [6, 6.07) is 8.60. The van der Waals surface area contributed by atoms with Crippen molar-refractivity contribution < 1.29 is 4.39 Å². The largest absolute Gasteiger partial charge is 0.309 e. The van der Waals surface area contributed by atoms with Crippen LogP contribution in [0, 0.1) is 17.1 Å². The number of nitrogens with zero attached hydrogens (tertiary/aromatic N) is 1. The standard InChI is InChI=1S/C11H13FN2/c1-9(14-8-2-7-13)10-3-5-11(12)6-4-10/h3-6,9,14H,2,8H2,1H3/t9-/m0/s1. The molecule has 0 amide bonds. The van der Waals surface area contributed by atoms with Crippen molar-refractivity contribution in [2.45, 2.75) is 19.4 Å². The maximum atomic E-state index is 12.6. The molecule has 0 aliphatic rings. The maximum absolute atomic E-state index is 12.6. The van der Waals surface area contributed by atoms with Gasteiger partial charge in [-0.2, -0.15) is 5.26 Å². The van der Waals surface area contributed by atoms with Crippen LogP contribution in [0.5, 0.6) is 0 Å². The average Bonchev–Trinajstić information content (AvgIpc) is 2.19. The molecule has 1 rings (SSSR count). The summed E-state index contributed by atoms with van der Waals surface area (Å²) in [7, 11) is 0. The summed E-state index contributed by atoms with van der Waals surface area (Å²) in [6.45, 7) is 2.65. The first-order valence-corrected chi connectivity index (χ1v) is 4.60. The number of benzene rings is 1. The highest BCUT2D eigenvalue weighted by molar-refractivity contribution is 5.19. The molecule has 0 aromatic heterocycles. The van der Waals surface area contributed by atoms with E-state index in [4.69, 9.17) is 5.26 Å². The minimum Gasteiger partial charge on any atom is -0.309 e. The van der Waals surface area contributed by atoms with Gasteiger partial charge in [0.05, 0.1) is 6.07 Å². The van der Waals surface area contributed by atoms with Crippen LogP contribution in [-0.4, -0.2) is 6.54 Å². The molecule has 0 unspecified atom stereocenters. The van der Waals surface area contributed by atoms with Gasteiger partial charge in [0.25, 0.3) is 0 Å². The Bertz CT molecular complexity index is 313. The molecule has 2 nitrogen and oxygen atoms in total. The summed E-state index contributed by atoms with van der Waals surface area (Å²) in [5.41, 5.74) is 1.03. The van der Waals surface area contributed by atoms with Crippen molar-refractivity contribution >= 4 is 0 Å². The van der Waals surface area contributed by atoms with Gasteiger partial charge in [-0.25, -0.2) is 4.39 Å². The molecule has 1 atom stereocenters. The van der Waals surface area contributed by atoms with E-state index in [1.54, 1.807) is 12.1 Å². The van der Waals surface area contributed by atoms with Crippen LogP contribution in [0.2, 0.25) is 0 Å². The molecule has 0 aliphatic carbocycles. The number of hydrogen-bond donors (Lipinski definition) is 1. The van der Waals surface area contributed by atoms with Crippen molar-refractivity contribution in [3.63, 3.8) is 0 Å². The Labute approximate surface area is 83.4 Å². The molecule has 3 heteroatoms. The maximum Gasteiger partial charge on any atom is 0.123 e. The van der Waals surface area contributed by atoms with Gasteiger partial charge in [0.1, 0.15) is 5.82 Å². The van der Waals surface area contributed by atoms with Gasteiger partial charge >= 0.3 is 0 Å². The molecule has 0 radical (unpaired) electrons. The predicted octanol–water partition coefficient (Wildman–Crippen LogP) is 2.39.